The van der Waals surface area contributed by atoms with Gasteiger partial charge < -0.3 is 10.2 Å². The van der Waals surface area contributed by atoms with E-state index >= 15 is 0 Å². The fourth-order valence-electron chi connectivity index (χ4n) is 10.3. The molecule has 0 saturated heterocycles. The molecule has 0 aromatic carbocycles. The van der Waals surface area contributed by atoms with E-state index in [1.165, 1.54) is 315 Å². The highest BCUT2D eigenvalue weighted by Gasteiger charge is 2.25. The molecular weight excluding hydrogens is 793 g/mol. The van der Waals surface area contributed by atoms with Gasteiger partial charge in [-0.25, -0.2) is 0 Å². The summed E-state index contributed by atoms with van der Waals surface area (Å²) in [5.41, 5.74) is 0. The van der Waals surface area contributed by atoms with E-state index in [2.05, 4.69) is 26.0 Å². The van der Waals surface area contributed by atoms with Gasteiger partial charge in [-0.1, -0.05) is 341 Å². The molecular formula is C62H122O3. The van der Waals surface area contributed by atoms with Gasteiger partial charge in [0, 0.05) is 0 Å². The van der Waals surface area contributed by atoms with E-state index in [4.69, 9.17) is 0 Å². The first-order valence-electron chi connectivity index (χ1n) is 30.7. The first kappa shape index (κ1) is 64.2. The summed E-state index contributed by atoms with van der Waals surface area (Å²) in [6.07, 6.45) is 78.3. The number of carboxylic acids is 1. The van der Waals surface area contributed by atoms with Crippen LogP contribution in [0.3, 0.4) is 0 Å². The van der Waals surface area contributed by atoms with E-state index in [1.807, 2.05) is 0 Å². The third kappa shape index (κ3) is 54.0. The number of allylic oxidation sites excluding steroid dienone is 2. The van der Waals surface area contributed by atoms with Crippen LogP contribution in [0.1, 0.15) is 367 Å². The topological polar surface area (TPSA) is 57.5 Å². The zero-order chi connectivity index (χ0) is 47.0. The molecule has 65 heavy (non-hydrogen) atoms. The minimum Gasteiger partial charge on any atom is -0.481 e. The minimum absolute atomic E-state index is 0.582. The van der Waals surface area contributed by atoms with Crippen molar-refractivity contribution in [1.29, 1.82) is 0 Å². The number of carbonyl (C=O) groups is 1. The van der Waals surface area contributed by atoms with Crippen LogP contribution in [0.4, 0.5) is 0 Å². The number of aliphatic hydroxyl groups is 1. The van der Waals surface area contributed by atoms with Gasteiger partial charge >= 0.3 is 5.97 Å². The number of aliphatic hydroxyl groups excluding tert-OH is 1. The van der Waals surface area contributed by atoms with Crippen LogP contribution in [0.5, 0.6) is 0 Å². The predicted octanol–water partition coefficient (Wildman–Crippen LogP) is 22.1. The molecule has 3 heteroatoms. The van der Waals surface area contributed by atoms with Crippen molar-refractivity contribution in [2.24, 2.45) is 5.92 Å². The van der Waals surface area contributed by atoms with Crippen LogP contribution in [-0.2, 0) is 4.79 Å². The van der Waals surface area contributed by atoms with Gasteiger partial charge in [0.05, 0.1) is 12.0 Å². The second-order valence-corrected chi connectivity index (χ2v) is 21.5. The predicted molar refractivity (Wildman–Crippen MR) is 292 cm³/mol. The van der Waals surface area contributed by atoms with Crippen molar-refractivity contribution in [3.63, 3.8) is 0 Å². The lowest BCUT2D eigenvalue weighted by molar-refractivity contribution is -0.146. The molecule has 0 fully saturated rings. The fraction of sp³-hybridized carbons (Fsp3) is 0.952. The highest BCUT2D eigenvalue weighted by Crippen LogP contribution is 2.22. The van der Waals surface area contributed by atoms with Gasteiger partial charge in [0.25, 0.3) is 0 Å². The van der Waals surface area contributed by atoms with Crippen molar-refractivity contribution in [1.82, 2.24) is 0 Å². The van der Waals surface area contributed by atoms with Crippen LogP contribution in [0.15, 0.2) is 12.2 Å². The van der Waals surface area contributed by atoms with Crippen LogP contribution in [0.25, 0.3) is 0 Å². The van der Waals surface area contributed by atoms with E-state index in [-0.39, 0.29) is 0 Å². The van der Waals surface area contributed by atoms with Crippen LogP contribution < -0.4 is 0 Å². The summed E-state index contributed by atoms with van der Waals surface area (Å²) in [5, 5.41) is 20.4. The molecule has 0 saturated carbocycles. The molecule has 0 spiro atoms. The molecule has 0 amide bonds. The lowest BCUT2D eigenvalue weighted by Gasteiger charge is -2.19. The third-order valence-corrected chi connectivity index (χ3v) is 14.9. The molecule has 3 nitrogen and oxygen atoms in total. The minimum atomic E-state index is -0.802. The van der Waals surface area contributed by atoms with E-state index in [1.54, 1.807) is 0 Å². The van der Waals surface area contributed by atoms with Gasteiger partial charge in [0.1, 0.15) is 0 Å². The Labute approximate surface area is 410 Å². The molecule has 0 aromatic heterocycles. The average Bonchev–Trinajstić information content (AvgIpc) is 3.30. The van der Waals surface area contributed by atoms with E-state index in [0.717, 1.165) is 25.7 Å². The zero-order valence-electron chi connectivity index (χ0n) is 45.0. The van der Waals surface area contributed by atoms with Crippen molar-refractivity contribution >= 4 is 5.97 Å². The Morgan fingerprint density at radius 2 is 0.477 bits per heavy atom. The summed E-state index contributed by atoms with van der Waals surface area (Å²) < 4.78 is 0. The van der Waals surface area contributed by atoms with Crippen molar-refractivity contribution in [3.05, 3.63) is 12.2 Å². The zero-order valence-corrected chi connectivity index (χ0v) is 45.0. The van der Waals surface area contributed by atoms with Crippen molar-refractivity contribution in [2.75, 3.05) is 0 Å². The normalized spacial score (nSPS) is 12.8. The van der Waals surface area contributed by atoms with E-state index < -0.39 is 18.0 Å². The van der Waals surface area contributed by atoms with Crippen molar-refractivity contribution in [2.45, 2.75) is 373 Å². The highest BCUT2D eigenvalue weighted by molar-refractivity contribution is 5.70. The summed E-state index contributed by atoms with van der Waals surface area (Å²) in [7, 11) is 0. The maximum absolute atomic E-state index is 11.9. The Kier molecular flexibility index (Phi) is 56.8. The number of hydrogen-bond acceptors (Lipinski definition) is 2. The molecule has 2 unspecified atom stereocenters. The molecule has 0 aliphatic heterocycles. The second kappa shape index (κ2) is 57.5. The highest BCUT2D eigenvalue weighted by atomic mass is 16.4. The Hall–Kier alpha value is -0.830. The summed E-state index contributed by atoms with van der Waals surface area (Å²) in [4.78, 5) is 11.9. The van der Waals surface area contributed by atoms with Crippen molar-refractivity contribution in [3.8, 4) is 0 Å². The number of hydrogen-bond donors (Lipinski definition) is 2. The largest absolute Gasteiger partial charge is 0.481 e. The first-order chi connectivity index (χ1) is 32.1. The summed E-state index contributed by atoms with van der Waals surface area (Å²) in [6.45, 7) is 4.60. The summed E-state index contributed by atoms with van der Waals surface area (Å²) >= 11 is 0. The Morgan fingerprint density at radius 3 is 0.692 bits per heavy atom. The second-order valence-electron chi connectivity index (χ2n) is 21.5. The monoisotopic (exact) mass is 915 g/mol. The Balaban J connectivity index is 3.38. The third-order valence-electron chi connectivity index (χ3n) is 14.9. The van der Waals surface area contributed by atoms with Crippen LogP contribution in [0.2, 0.25) is 0 Å². The molecule has 0 bridgehead atoms. The Bertz CT molecular complexity index is 898. The quantitative estimate of drug-likeness (QED) is 0.0472. The van der Waals surface area contributed by atoms with Gasteiger partial charge in [-0.15, -0.1) is 0 Å². The van der Waals surface area contributed by atoms with Gasteiger partial charge in [0.15, 0.2) is 0 Å². The SMILES string of the molecule is CCCCCCCCCCCCCCCCCC/C=C\CCCCCCCCCCCCCCCCCC(O)C(CCCCCCCCCCCCCCCCCCCCCC)C(=O)O. The smallest absolute Gasteiger partial charge is 0.309 e. The van der Waals surface area contributed by atoms with Crippen LogP contribution >= 0.6 is 0 Å². The van der Waals surface area contributed by atoms with E-state index in [0.29, 0.717) is 12.8 Å². The number of carboxylic acid groups (broad SMARTS) is 1. The number of unbranched alkanes of at least 4 members (excludes halogenated alkanes) is 50. The Morgan fingerprint density at radius 1 is 0.292 bits per heavy atom. The molecule has 388 valence electrons. The molecule has 2 atom stereocenters. The molecule has 0 heterocycles. The molecule has 0 radical (unpaired) electrons. The van der Waals surface area contributed by atoms with Crippen LogP contribution in [-0.4, -0.2) is 22.3 Å². The van der Waals surface area contributed by atoms with Gasteiger partial charge in [0.2, 0.25) is 0 Å². The average molecular weight is 916 g/mol. The number of rotatable bonds is 58. The van der Waals surface area contributed by atoms with Gasteiger partial charge in [-0.05, 0) is 38.5 Å². The molecule has 0 aliphatic rings. The maximum Gasteiger partial charge on any atom is 0.309 e. The van der Waals surface area contributed by atoms with Gasteiger partial charge in [-0.3, -0.25) is 4.79 Å². The first-order valence-corrected chi connectivity index (χ1v) is 30.7. The molecule has 2 N–H and O–H groups in total. The summed E-state index contributed by atoms with van der Waals surface area (Å²) in [6, 6.07) is 0. The molecule has 0 rings (SSSR count). The maximum atomic E-state index is 11.9. The van der Waals surface area contributed by atoms with Gasteiger partial charge in [-0.2, -0.15) is 0 Å². The summed E-state index contributed by atoms with van der Waals surface area (Å²) in [5.74, 6) is -1.38. The fourth-order valence-corrected chi connectivity index (χ4v) is 10.3. The number of aliphatic carboxylic acids is 1. The van der Waals surface area contributed by atoms with Crippen molar-refractivity contribution < 1.29 is 15.0 Å². The van der Waals surface area contributed by atoms with Crippen LogP contribution in [0, 0.1) is 5.92 Å². The van der Waals surface area contributed by atoms with E-state index in [9.17, 15) is 15.0 Å². The molecule has 0 aliphatic carbocycles. The lowest BCUT2D eigenvalue weighted by Crippen LogP contribution is -2.28. The standard InChI is InChI=1S/C62H122O3/c1-3-5-7-9-11-13-15-17-19-21-23-25-26-27-28-29-30-31-32-33-34-35-36-37-38-39-41-43-45-47-49-51-53-55-57-59-61(63)60(62(64)65)58-56-54-52-50-48-46-44-42-40-24-22-20-18-16-14-12-10-8-6-4-2/h31-32,60-61,63H,3-30,33-59H2,1-2H3,(H,64,65)/b32-31-. The molecule has 0 aromatic rings. The lowest BCUT2D eigenvalue weighted by atomic mass is 9.91.